The lowest BCUT2D eigenvalue weighted by molar-refractivity contribution is -0.133. The van der Waals surface area contributed by atoms with Gasteiger partial charge in [0.1, 0.15) is 0 Å². The fourth-order valence-corrected chi connectivity index (χ4v) is 3.76. The second-order valence-electron chi connectivity index (χ2n) is 6.20. The number of carbonyl (C=O) groups is 1. The molecule has 4 nitrogen and oxygen atoms in total. The second kappa shape index (κ2) is 5.17. The van der Waals surface area contributed by atoms with Crippen LogP contribution in [-0.4, -0.2) is 49.2 Å². The van der Waals surface area contributed by atoms with Crippen LogP contribution in [0.25, 0.3) is 0 Å². The predicted molar refractivity (Wildman–Crippen MR) is 69.3 cm³/mol. The molecule has 0 saturated carbocycles. The maximum absolute atomic E-state index is 12.3. The summed E-state index contributed by atoms with van der Waals surface area (Å²) in [4.78, 5) is 14.2. The molecule has 3 heterocycles. The molecule has 3 unspecified atom stereocenters. The van der Waals surface area contributed by atoms with Crippen LogP contribution in [0.2, 0.25) is 0 Å². The smallest absolute Gasteiger partial charge is 0.222 e. The van der Waals surface area contributed by atoms with Gasteiger partial charge in [0.15, 0.2) is 0 Å². The molecule has 0 aromatic heterocycles. The molecule has 2 bridgehead atoms. The number of rotatable bonds is 3. The van der Waals surface area contributed by atoms with E-state index in [0.717, 1.165) is 26.1 Å². The van der Waals surface area contributed by atoms with Gasteiger partial charge in [0.25, 0.3) is 0 Å². The van der Waals surface area contributed by atoms with Gasteiger partial charge in [-0.25, -0.2) is 0 Å². The molecular weight excluding hydrogens is 228 g/mol. The molecule has 18 heavy (non-hydrogen) atoms. The Hall–Kier alpha value is -0.610. The van der Waals surface area contributed by atoms with Gasteiger partial charge in [0.05, 0.1) is 12.6 Å². The first kappa shape index (κ1) is 12.4. The minimum absolute atomic E-state index is 0.316. The van der Waals surface area contributed by atoms with Gasteiger partial charge in [-0.15, -0.1) is 0 Å². The van der Waals surface area contributed by atoms with Gasteiger partial charge in [-0.1, -0.05) is 0 Å². The van der Waals surface area contributed by atoms with E-state index in [1.54, 1.807) is 0 Å². The van der Waals surface area contributed by atoms with E-state index in [-0.39, 0.29) is 0 Å². The summed E-state index contributed by atoms with van der Waals surface area (Å²) in [5.41, 5.74) is 0. The zero-order valence-electron chi connectivity index (χ0n) is 11.2. The SMILES string of the molecule is CN(C(=O)CC1CC2CCC(C1)N2)C1CCOC1. The Labute approximate surface area is 109 Å². The Kier molecular flexibility index (Phi) is 3.57. The summed E-state index contributed by atoms with van der Waals surface area (Å²) < 4.78 is 5.36. The zero-order valence-corrected chi connectivity index (χ0v) is 11.2. The first-order chi connectivity index (χ1) is 8.72. The summed E-state index contributed by atoms with van der Waals surface area (Å²) >= 11 is 0. The molecule has 1 N–H and O–H groups in total. The van der Waals surface area contributed by atoms with Crippen molar-refractivity contribution in [1.29, 1.82) is 0 Å². The van der Waals surface area contributed by atoms with Crippen LogP contribution in [0, 0.1) is 5.92 Å². The minimum Gasteiger partial charge on any atom is -0.379 e. The lowest BCUT2D eigenvalue weighted by atomic mass is 9.89. The van der Waals surface area contributed by atoms with Crippen LogP contribution >= 0.6 is 0 Å². The third kappa shape index (κ3) is 2.54. The Bertz CT molecular complexity index is 303. The highest BCUT2D eigenvalue weighted by Crippen LogP contribution is 2.33. The van der Waals surface area contributed by atoms with Crippen LogP contribution in [0.1, 0.15) is 38.5 Å². The van der Waals surface area contributed by atoms with E-state index in [2.05, 4.69) is 5.32 Å². The molecule has 1 amide bonds. The van der Waals surface area contributed by atoms with Gasteiger partial charge in [-0.2, -0.15) is 0 Å². The number of ether oxygens (including phenoxy) is 1. The summed E-state index contributed by atoms with van der Waals surface area (Å²) in [6.45, 7) is 1.53. The first-order valence-corrected chi connectivity index (χ1v) is 7.32. The van der Waals surface area contributed by atoms with Crippen molar-refractivity contribution in [2.75, 3.05) is 20.3 Å². The molecule has 3 saturated heterocycles. The van der Waals surface area contributed by atoms with Crippen LogP contribution in [0.5, 0.6) is 0 Å². The van der Waals surface area contributed by atoms with Gasteiger partial charge in [-0.05, 0) is 38.0 Å². The summed E-state index contributed by atoms with van der Waals surface area (Å²) in [6.07, 6.45) is 6.74. The number of fused-ring (bicyclic) bond motifs is 2. The molecule has 3 aliphatic rings. The maximum atomic E-state index is 12.3. The molecule has 4 heteroatoms. The zero-order chi connectivity index (χ0) is 12.5. The second-order valence-corrected chi connectivity index (χ2v) is 6.20. The number of hydrogen-bond donors (Lipinski definition) is 1. The monoisotopic (exact) mass is 252 g/mol. The van der Waals surface area contributed by atoms with Gasteiger partial charge in [-0.3, -0.25) is 4.79 Å². The number of likely N-dealkylation sites (N-methyl/N-ethyl adjacent to an activating group) is 1. The van der Waals surface area contributed by atoms with Crippen molar-refractivity contribution in [1.82, 2.24) is 10.2 Å². The molecule has 3 fully saturated rings. The molecular formula is C14H24N2O2. The molecule has 0 aromatic carbocycles. The highest BCUT2D eigenvalue weighted by atomic mass is 16.5. The van der Waals surface area contributed by atoms with E-state index in [9.17, 15) is 4.79 Å². The molecule has 0 aliphatic carbocycles. The van der Waals surface area contributed by atoms with E-state index >= 15 is 0 Å². The Morgan fingerprint density at radius 3 is 2.61 bits per heavy atom. The van der Waals surface area contributed by atoms with Gasteiger partial charge < -0.3 is 15.0 Å². The van der Waals surface area contributed by atoms with Crippen LogP contribution in [0.3, 0.4) is 0 Å². The fraction of sp³-hybridized carbons (Fsp3) is 0.929. The number of amides is 1. The molecule has 0 radical (unpaired) electrons. The van der Waals surface area contributed by atoms with Crippen molar-refractivity contribution in [3.63, 3.8) is 0 Å². The van der Waals surface area contributed by atoms with E-state index < -0.39 is 0 Å². The molecule has 3 rings (SSSR count). The lowest BCUT2D eigenvalue weighted by Gasteiger charge is -2.31. The number of piperidine rings is 1. The van der Waals surface area contributed by atoms with E-state index in [1.807, 2.05) is 11.9 Å². The predicted octanol–water partition coefficient (Wildman–Crippen LogP) is 1.15. The van der Waals surface area contributed by atoms with Crippen molar-refractivity contribution in [2.45, 2.75) is 56.7 Å². The van der Waals surface area contributed by atoms with Gasteiger partial charge in [0.2, 0.25) is 5.91 Å². The average Bonchev–Trinajstić information content (AvgIpc) is 2.98. The van der Waals surface area contributed by atoms with Gasteiger partial charge >= 0.3 is 0 Å². The van der Waals surface area contributed by atoms with E-state index in [4.69, 9.17) is 4.74 Å². The van der Waals surface area contributed by atoms with Crippen LogP contribution in [-0.2, 0) is 9.53 Å². The Balaban J connectivity index is 1.51. The minimum atomic E-state index is 0.316. The highest BCUT2D eigenvalue weighted by molar-refractivity contribution is 5.76. The normalized spacial score (nSPS) is 38.9. The van der Waals surface area contributed by atoms with Crippen molar-refractivity contribution < 1.29 is 9.53 Å². The van der Waals surface area contributed by atoms with Crippen LogP contribution < -0.4 is 5.32 Å². The molecule has 0 spiro atoms. The average molecular weight is 252 g/mol. The van der Waals surface area contributed by atoms with E-state index in [0.29, 0.717) is 30.0 Å². The van der Waals surface area contributed by atoms with Crippen LogP contribution in [0.4, 0.5) is 0 Å². The lowest BCUT2D eigenvalue weighted by Crippen LogP contribution is -2.42. The Morgan fingerprint density at radius 2 is 2.00 bits per heavy atom. The topological polar surface area (TPSA) is 41.6 Å². The van der Waals surface area contributed by atoms with Crippen molar-refractivity contribution in [3.05, 3.63) is 0 Å². The number of hydrogen-bond acceptors (Lipinski definition) is 3. The largest absolute Gasteiger partial charge is 0.379 e. The highest BCUT2D eigenvalue weighted by Gasteiger charge is 2.35. The quantitative estimate of drug-likeness (QED) is 0.819. The molecule has 0 aromatic rings. The molecule has 3 aliphatic heterocycles. The third-order valence-electron chi connectivity index (χ3n) is 4.88. The number of nitrogens with zero attached hydrogens (tertiary/aromatic N) is 1. The summed E-state index contributed by atoms with van der Waals surface area (Å²) in [6, 6.07) is 1.68. The first-order valence-electron chi connectivity index (χ1n) is 7.32. The summed E-state index contributed by atoms with van der Waals surface area (Å²) in [5.74, 6) is 0.915. The van der Waals surface area contributed by atoms with Gasteiger partial charge in [0, 0.05) is 32.2 Å². The van der Waals surface area contributed by atoms with Crippen molar-refractivity contribution in [2.24, 2.45) is 5.92 Å². The van der Waals surface area contributed by atoms with Crippen molar-refractivity contribution in [3.8, 4) is 0 Å². The standard InChI is InChI=1S/C14H24N2O2/c1-16(13-4-5-18-9-13)14(17)8-10-6-11-2-3-12(7-10)15-11/h10-13,15H,2-9H2,1H3. The van der Waals surface area contributed by atoms with E-state index in [1.165, 1.54) is 25.7 Å². The van der Waals surface area contributed by atoms with Crippen LogP contribution in [0.15, 0.2) is 0 Å². The summed E-state index contributed by atoms with van der Waals surface area (Å²) in [7, 11) is 1.94. The summed E-state index contributed by atoms with van der Waals surface area (Å²) in [5, 5.41) is 3.63. The fourth-order valence-electron chi connectivity index (χ4n) is 3.76. The number of carbonyl (C=O) groups excluding carboxylic acids is 1. The molecule has 3 atom stereocenters. The number of nitrogens with one attached hydrogen (secondary N) is 1. The van der Waals surface area contributed by atoms with Crippen molar-refractivity contribution >= 4 is 5.91 Å². The maximum Gasteiger partial charge on any atom is 0.222 e. The molecule has 102 valence electrons. The Morgan fingerprint density at radius 1 is 1.28 bits per heavy atom. The third-order valence-corrected chi connectivity index (χ3v) is 4.88.